The highest BCUT2D eigenvalue weighted by Crippen LogP contribution is 2.23. The Morgan fingerprint density at radius 2 is 2.12 bits per heavy atom. The Morgan fingerprint density at radius 3 is 2.69 bits per heavy atom. The van der Waals surface area contributed by atoms with Crippen molar-refractivity contribution in [2.45, 2.75) is 12.2 Å². The molecule has 0 heterocycles. The van der Waals surface area contributed by atoms with Gasteiger partial charge in [0.25, 0.3) is 0 Å². The average Bonchev–Trinajstić information content (AvgIpc) is 2.20. The summed E-state index contributed by atoms with van der Waals surface area (Å²) in [6.45, 7) is 2.12. The van der Waals surface area contributed by atoms with Gasteiger partial charge >= 0.3 is 0 Å². The van der Waals surface area contributed by atoms with Gasteiger partial charge < -0.3 is 11.1 Å². The van der Waals surface area contributed by atoms with E-state index in [1.165, 1.54) is 0 Å². The number of halogens is 2. The Balaban J connectivity index is 2.78. The number of rotatable bonds is 4. The molecule has 2 unspecified atom stereocenters. The fourth-order valence-corrected chi connectivity index (χ4v) is 1.42. The van der Waals surface area contributed by atoms with Crippen LogP contribution in [0.2, 0.25) is 0 Å². The van der Waals surface area contributed by atoms with Gasteiger partial charge in [-0.15, -0.1) is 0 Å². The lowest BCUT2D eigenvalue weighted by Gasteiger charge is -2.13. The number of hydrogen-bond donors (Lipinski definition) is 2. The summed E-state index contributed by atoms with van der Waals surface area (Å²) in [5.74, 6) is -1.49. The molecule has 0 amide bonds. The van der Waals surface area contributed by atoms with Gasteiger partial charge in [-0.05, 0) is 13.0 Å². The van der Waals surface area contributed by atoms with Crippen LogP contribution < -0.4 is 11.1 Å². The number of hydrogen-bond acceptors (Lipinski definition) is 3. The van der Waals surface area contributed by atoms with Crippen LogP contribution in [0, 0.1) is 11.6 Å². The Kier molecular flexibility index (Phi) is 4.23. The minimum atomic E-state index is -0.992. The molecule has 0 saturated carbocycles. The molecular weight excluding hydrogens is 234 g/mol. The fourth-order valence-electron chi connectivity index (χ4n) is 1.10. The van der Waals surface area contributed by atoms with Crippen LogP contribution in [0.4, 0.5) is 20.2 Å². The van der Waals surface area contributed by atoms with Crippen molar-refractivity contribution in [2.75, 3.05) is 23.9 Å². The van der Waals surface area contributed by atoms with E-state index in [1.54, 1.807) is 13.2 Å². The molecule has 0 aromatic heterocycles. The first-order chi connectivity index (χ1) is 7.41. The maximum Gasteiger partial charge on any atom is 0.151 e. The zero-order valence-corrected chi connectivity index (χ0v) is 9.91. The molecule has 1 rings (SSSR count). The number of nitrogen functional groups attached to an aromatic ring is 1. The quantitative estimate of drug-likeness (QED) is 0.798. The summed E-state index contributed by atoms with van der Waals surface area (Å²) >= 11 is 0. The van der Waals surface area contributed by atoms with E-state index in [0.717, 1.165) is 12.1 Å². The van der Waals surface area contributed by atoms with Crippen LogP contribution >= 0.6 is 0 Å². The summed E-state index contributed by atoms with van der Waals surface area (Å²) in [6, 6.07) is 1.84. The van der Waals surface area contributed by atoms with Gasteiger partial charge in [-0.2, -0.15) is 0 Å². The first-order valence-corrected chi connectivity index (χ1v) is 6.34. The zero-order chi connectivity index (χ0) is 12.3. The molecule has 6 heteroatoms. The highest BCUT2D eigenvalue weighted by Gasteiger charge is 2.10. The van der Waals surface area contributed by atoms with Gasteiger partial charge in [-0.1, -0.05) is 0 Å². The molecule has 0 aliphatic heterocycles. The Hall–Kier alpha value is -1.17. The van der Waals surface area contributed by atoms with Crippen LogP contribution in [-0.2, 0) is 10.8 Å². The van der Waals surface area contributed by atoms with Gasteiger partial charge in [0, 0.05) is 34.9 Å². The molecule has 2 atom stereocenters. The zero-order valence-electron chi connectivity index (χ0n) is 9.09. The maximum atomic E-state index is 13.1. The summed E-state index contributed by atoms with van der Waals surface area (Å²) in [4.78, 5) is 0. The number of nitrogens with two attached hydrogens (primary N) is 1. The van der Waals surface area contributed by atoms with Crippen molar-refractivity contribution < 1.29 is 13.0 Å². The molecule has 0 aliphatic carbocycles. The van der Waals surface area contributed by atoms with Crippen molar-refractivity contribution in [1.29, 1.82) is 0 Å². The molecular formula is C10H14F2N2OS. The van der Waals surface area contributed by atoms with E-state index in [2.05, 4.69) is 5.32 Å². The van der Waals surface area contributed by atoms with Crippen molar-refractivity contribution >= 4 is 22.2 Å². The van der Waals surface area contributed by atoms with Crippen molar-refractivity contribution in [3.05, 3.63) is 23.8 Å². The van der Waals surface area contributed by atoms with E-state index in [0.29, 0.717) is 6.54 Å². The maximum absolute atomic E-state index is 13.1. The average molecular weight is 248 g/mol. The van der Waals surface area contributed by atoms with E-state index in [4.69, 9.17) is 5.73 Å². The molecule has 0 aliphatic rings. The Labute approximate surface area is 95.5 Å². The minimum absolute atomic E-state index is 0.120. The molecule has 0 bridgehead atoms. The lowest BCUT2D eigenvalue weighted by molar-refractivity contribution is 0.587. The Morgan fingerprint density at radius 1 is 1.50 bits per heavy atom. The molecule has 3 N–H and O–H groups in total. The van der Waals surface area contributed by atoms with E-state index in [-0.39, 0.29) is 16.6 Å². The second-order valence-corrected chi connectivity index (χ2v) is 5.34. The first kappa shape index (κ1) is 12.9. The molecule has 0 saturated heterocycles. The van der Waals surface area contributed by atoms with Crippen LogP contribution in [0.3, 0.4) is 0 Å². The standard InChI is InChI=1S/C10H14F2N2OS/c1-6(16(2)15)5-14-9-4-7(11)3-8(12)10(9)13/h3-4,6,14H,5,13H2,1-2H3. The first-order valence-electron chi connectivity index (χ1n) is 4.72. The number of anilines is 2. The normalized spacial score (nSPS) is 14.5. The third-order valence-electron chi connectivity index (χ3n) is 2.24. The monoisotopic (exact) mass is 248 g/mol. The van der Waals surface area contributed by atoms with Gasteiger partial charge in [0.2, 0.25) is 0 Å². The molecule has 0 spiro atoms. The van der Waals surface area contributed by atoms with E-state index >= 15 is 0 Å². The van der Waals surface area contributed by atoms with Crippen LogP contribution in [0.5, 0.6) is 0 Å². The summed E-state index contributed by atoms with van der Waals surface area (Å²) < 4.78 is 37.0. The molecule has 90 valence electrons. The minimum Gasteiger partial charge on any atom is -0.395 e. The molecule has 0 radical (unpaired) electrons. The van der Waals surface area contributed by atoms with Crippen molar-refractivity contribution in [3.63, 3.8) is 0 Å². The second-order valence-electron chi connectivity index (χ2n) is 3.54. The van der Waals surface area contributed by atoms with Crippen molar-refractivity contribution in [3.8, 4) is 0 Å². The second kappa shape index (κ2) is 5.25. The third-order valence-corrected chi connectivity index (χ3v) is 3.54. The highest BCUT2D eigenvalue weighted by molar-refractivity contribution is 7.84. The lowest BCUT2D eigenvalue weighted by atomic mass is 10.2. The Bertz CT molecular complexity index is 412. The molecule has 1 aromatic carbocycles. The topological polar surface area (TPSA) is 55.1 Å². The van der Waals surface area contributed by atoms with Crippen LogP contribution in [0.1, 0.15) is 6.92 Å². The molecule has 0 fully saturated rings. The molecule has 1 aromatic rings. The molecule has 3 nitrogen and oxygen atoms in total. The summed E-state index contributed by atoms with van der Waals surface area (Å²) in [5.41, 5.74) is 5.49. The van der Waals surface area contributed by atoms with Gasteiger partial charge in [-0.3, -0.25) is 4.21 Å². The SMILES string of the molecule is CC(CNc1cc(F)cc(F)c1N)S(C)=O. The van der Waals surface area contributed by atoms with Crippen LogP contribution in [-0.4, -0.2) is 22.3 Å². The fraction of sp³-hybridized carbons (Fsp3) is 0.400. The van der Waals surface area contributed by atoms with Crippen molar-refractivity contribution in [2.24, 2.45) is 0 Å². The highest BCUT2D eigenvalue weighted by atomic mass is 32.2. The largest absolute Gasteiger partial charge is 0.395 e. The predicted octanol–water partition coefficient (Wildman–Crippen LogP) is 1.73. The van der Waals surface area contributed by atoms with Gasteiger partial charge in [0.15, 0.2) is 5.82 Å². The smallest absolute Gasteiger partial charge is 0.151 e. The van der Waals surface area contributed by atoms with Crippen LogP contribution in [0.25, 0.3) is 0 Å². The molecule has 16 heavy (non-hydrogen) atoms. The number of nitrogens with one attached hydrogen (secondary N) is 1. The predicted molar refractivity (Wildman–Crippen MR) is 62.8 cm³/mol. The number of benzene rings is 1. The van der Waals surface area contributed by atoms with E-state index in [9.17, 15) is 13.0 Å². The van der Waals surface area contributed by atoms with Gasteiger partial charge in [0.1, 0.15) is 5.82 Å². The van der Waals surface area contributed by atoms with Gasteiger partial charge in [0.05, 0.1) is 11.4 Å². The summed E-state index contributed by atoms with van der Waals surface area (Å²) in [6.07, 6.45) is 1.57. The third kappa shape index (κ3) is 3.16. The van der Waals surface area contributed by atoms with Gasteiger partial charge in [-0.25, -0.2) is 8.78 Å². The summed E-state index contributed by atoms with van der Waals surface area (Å²) in [5, 5.41) is 2.66. The van der Waals surface area contributed by atoms with Crippen LogP contribution in [0.15, 0.2) is 12.1 Å². The van der Waals surface area contributed by atoms with E-state index in [1.807, 2.05) is 0 Å². The van der Waals surface area contributed by atoms with Crippen molar-refractivity contribution in [1.82, 2.24) is 0 Å². The van der Waals surface area contributed by atoms with E-state index < -0.39 is 22.4 Å². The summed E-state index contributed by atoms with van der Waals surface area (Å²) in [7, 11) is -0.992. The lowest BCUT2D eigenvalue weighted by Crippen LogP contribution is -2.21.